The Morgan fingerprint density at radius 3 is 2.79 bits per heavy atom. The summed E-state index contributed by atoms with van der Waals surface area (Å²) in [6, 6.07) is 5.78. The van der Waals surface area contributed by atoms with Crippen molar-refractivity contribution in [1.29, 1.82) is 0 Å². The number of halogens is 1. The van der Waals surface area contributed by atoms with Gasteiger partial charge >= 0.3 is 0 Å². The molecule has 1 aromatic carbocycles. The van der Waals surface area contributed by atoms with Crippen LogP contribution in [0.25, 0.3) is 0 Å². The smallest absolute Gasteiger partial charge is 0.138 e. The molecule has 4 nitrogen and oxygen atoms in total. The Balaban J connectivity index is 2.23. The SMILES string of the molecule is Cc1noc(C)c1CNc1ccc(Br)cc1C(N)=S. The number of hydrogen-bond acceptors (Lipinski definition) is 4. The van der Waals surface area contributed by atoms with E-state index >= 15 is 0 Å². The molecule has 0 atom stereocenters. The highest BCUT2D eigenvalue weighted by Gasteiger charge is 2.10. The Labute approximate surface area is 125 Å². The zero-order chi connectivity index (χ0) is 14.0. The van der Waals surface area contributed by atoms with Crippen LogP contribution >= 0.6 is 28.1 Å². The molecule has 19 heavy (non-hydrogen) atoms. The number of nitrogens with two attached hydrogens (primary N) is 1. The second-order valence-corrected chi connectivity index (χ2v) is 5.57. The molecule has 6 heteroatoms. The molecule has 3 N–H and O–H groups in total. The van der Waals surface area contributed by atoms with E-state index in [2.05, 4.69) is 26.4 Å². The monoisotopic (exact) mass is 339 g/mol. The molecular weight excluding hydrogens is 326 g/mol. The van der Waals surface area contributed by atoms with Crippen LogP contribution in [-0.4, -0.2) is 10.1 Å². The van der Waals surface area contributed by atoms with Gasteiger partial charge in [0.15, 0.2) is 0 Å². The van der Waals surface area contributed by atoms with E-state index in [1.165, 1.54) is 0 Å². The lowest BCUT2D eigenvalue weighted by Gasteiger charge is -2.11. The van der Waals surface area contributed by atoms with Crippen LogP contribution in [0.4, 0.5) is 5.69 Å². The van der Waals surface area contributed by atoms with Gasteiger partial charge in [-0.1, -0.05) is 33.3 Å². The van der Waals surface area contributed by atoms with Crippen LogP contribution in [0.1, 0.15) is 22.6 Å². The summed E-state index contributed by atoms with van der Waals surface area (Å²) < 4.78 is 6.08. The topological polar surface area (TPSA) is 64.1 Å². The van der Waals surface area contributed by atoms with Crippen molar-refractivity contribution >= 4 is 38.8 Å². The van der Waals surface area contributed by atoms with E-state index < -0.39 is 0 Å². The van der Waals surface area contributed by atoms with Crippen LogP contribution < -0.4 is 11.1 Å². The molecule has 0 amide bonds. The quantitative estimate of drug-likeness (QED) is 0.836. The van der Waals surface area contributed by atoms with Crippen molar-refractivity contribution in [2.75, 3.05) is 5.32 Å². The molecule has 0 spiro atoms. The van der Waals surface area contributed by atoms with Crippen LogP contribution in [0.2, 0.25) is 0 Å². The van der Waals surface area contributed by atoms with Gasteiger partial charge in [-0.05, 0) is 32.0 Å². The standard InChI is InChI=1S/C13H14BrN3OS/c1-7-11(8(2)18-17-7)6-16-12-4-3-9(14)5-10(12)13(15)19/h3-5,16H,6H2,1-2H3,(H2,15,19). The molecule has 1 aromatic heterocycles. The molecule has 2 rings (SSSR count). The van der Waals surface area contributed by atoms with Crippen molar-refractivity contribution in [1.82, 2.24) is 5.16 Å². The average molecular weight is 340 g/mol. The first-order chi connectivity index (χ1) is 8.99. The van der Waals surface area contributed by atoms with Crippen molar-refractivity contribution in [2.24, 2.45) is 5.73 Å². The number of aryl methyl sites for hydroxylation is 2. The molecule has 1 heterocycles. The summed E-state index contributed by atoms with van der Waals surface area (Å²) in [4.78, 5) is 0.363. The summed E-state index contributed by atoms with van der Waals surface area (Å²) in [5.74, 6) is 0.819. The minimum absolute atomic E-state index is 0.363. The van der Waals surface area contributed by atoms with Gasteiger partial charge in [-0.15, -0.1) is 0 Å². The van der Waals surface area contributed by atoms with Crippen LogP contribution in [-0.2, 0) is 6.54 Å². The van der Waals surface area contributed by atoms with Crippen LogP contribution in [0.5, 0.6) is 0 Å². The molecule has 0 saturated carbocycles. The van der Waals surface area contributed by atoms with Gasteiger partial charge in [-0.25, -0.2) is 0 Å². The summed E-state index contributed by atoms with van der Waals surface area (Å²) in [7, 11) is 0. The lowest BCUT2D eigenvalue weighted by atomic mass is 10.1. The van der Waals surface area contributed by atoms with Gasteiger partial charge in [0, 0.05) is 27.8 Å². The normalized spacial score (nSPS) is 10.5. The Morgan fingerprint density at radius 2 is 2.21 bits per heavy atom. The highest BCUT2D eigenvalue weighted by atomic mass is 79.9. The van der Waals surface area contributed by atoms with Crippen LogP contribution in [0.3, 0.4) is 0 Å². The number of anilines is 1. The third-order valence-corrected chi connectivity index (χ3v) is 3.60. The molecule has 0 saturated heterocycles. The fraction of sp³-hybridized carbons (Fsp3) is 0.231. The van der Waals surface area contributed by atoms with Crippen LogP contribution in [0, 0.1) is 13.8 Å². The van der Waals surface area contributed by atoms with E-state index in [4.69, 9.17) is 22.5 Å². The van der Waals surface area contributed by atoms with Crippen molar-refractivity contribution < 1.29 is 4.52 Å². The van der Waals surface area contributed by atoms with E-state index in [1.807, 2.05) is 32.0 Å². The van der Waals surface area contributed by atoms with E-state index in [9.17, 15) is 0 Å². The molecule has 0 aliphatic rings. The van der Waals surface area contributed by atoms with Gasteiger partial charge in [0.25, 0.3) is 0 Å². The molecule has 0 bridgehead atoms. The second kappa shape index (κ2) is 5.71. The van der Waals surface area contributed by atoms with Crippen molar-refractivity contribution in [2.45, 2.75) is 20.4 Å². The van der Waals surface area contributed by atoms with Crippen LogP contribution in [0.15, 0.2) is 27.2 Å². The van der Waals surface area contributed by atoms with E-state index in [1.54, 1.807) is 0 Å². The molecule has 0 radical (unpaired) electrons. The molecular formula is C13H14BrN3OS. The Bertz CT molecular complexity index is 605. The van der Waals surface area contributed by atoms with Gasteiger partial charge < -0.3 is 15.6 Å². The van der Waals surface area contributed by atoms with Crippen molar-refractivity contribution in [3.63, 3.8) is 0 Å². The molecule has 0 fully saturated rings. The number of rotatable bonds is 4. The average Bonchev–Trinajstić information content (AvgIpc) is 2.68. The lowest BCUT2D eigenvalue weighted by Crippen LogP contribution is -2.13. The zero-order valence-corrected chi connectivity index (χ0v) is 13.1. The summed E-state index contributed by atoms with van der Waals surface area (Å²) in [6.45, 7) is 4.44. The maximum atomic E-state index is 5.73. The number of aromatic nitrogens is 1. The minimum atomic E-state index is 0.363. The first kappa shape index (κ1) is 14.0. The first-order valence-corrected chi connectivity index (χ1v) is 6.94. The summed E-state index contributed by atoms with van der Waals surface area (Å²) in [6.07, 6.45) is 0. The number of thiocarbonyl (C=S) groups is 1. The first-order valence-electron chi connectivity index (χ1n) is 5.74. The summed E-state index contributed by atoms with van der Waals surface area (Å²) in [5, 5.41) is 7.24. The summed E-state index contributed by atoms with van der Waals surface area (Å²) >= 11 is 8.47. The maximum absolute atomic E-state index is 5.73. The summed E-state index contributed by atoms with van der Waals surface area (Å²) in [5.41, 5.74) is 9.39. The lowest BCUT2D eigenvalue weighted by molar-refractivity contribution is 0.392. The third kappa shape index (κ3) is 3.13. The van der Waals surface area contributed by atoms with Gasteiger partial charge in [0.2, 0.25) is 0 Å². The van der Waals surface area contributed by atoms with Crippen molar-refractivity contribution in [3.8, 4) is 0 Å². The third-order valence-electron chi connectivity index (χ3n) is 2.88. The van der Waals surface area contributed by atoms with E-state index in [0.29, 0.717) is 11.5 Å². The number of benzene rings is 1. The predicted octanol–water partition coefficient (Wildman–Crippen LogP) is 3.30. The maximum Gasteiger partial charge on any atom is 0.138 e. The Hall–Kier alpha value is -1.40. The molecule has 100 valence electrons. The highest BCUT2D eigenvalue weighted by molar-refractivity contribution is 9.10. The van der Waals surface area contributed by atoms with Gasteiger partial charge in [0.1, 0.15) is 10.7 Å². The Morgan fingerprint density at radius 1 is 1.47 bits per heavy atom. The van der Waals surface area contributed by atoms with Gasteiger partial charge in [0.05, 0.1) is 5.69 Å². The second-order valence-electron chi connectivity index (χ2n) is 4.21. The van der Waals surface area contributed by atoms with E-state index in [0.717, 1.165) is 32.7 Å². The van der Waals surface area contributed by atoms with Gasteiger partial charge in [-0.3, -0.25) is 0 Å². The van der Waals surface area contributed by atoms with Gasteiger partial charge in [-0.2, -0.15) is 0 Å². The fourth-order valence-electron chi connectivity index (χ4n) is 1.81. The molecule has 0 aliphatic carbocycles. The molecule has 2 aromatic rings. The largest absolute Gasteiger partial charge is 0.389 e. The number of nitrogens with one attached hydrogen (secondary N) is 1. The number of nitrogens with zero attached hydrogens (tertiary/aromatic N) is 1. The number of hydrogen-bond donors (Lipinski definition) is 2. The van der Waals surface area contributed by atoms with E-state index in [-0.39, 0.29) is 0 Å². The molecule has 0 aliphatic heterocycles. The fourth-order valence-corrected chi connectivity index (χ4v) is 2.34. The molecule has 0 unspecified atom stereocenters. The zero-order valence-electron chi connectivity index (χ0n) is 10.7. The highest BCUT2D eigenvalue weighted by Crippen LogP contribution is 2.22. The predicted molar refractivity (Wildman–Crippen MR) is 83.3 cm³/mol. The Kier molecular flexibility index (Phi) is 4.21. The minimum Gasteiger partial charge on any atom is -0.389 e. The van der Waals surface area contributed by atoms with Crippen molar-refractivity contribution in [3.05, 3.63) is 45.3 Å².